The van der Waals surface area contributed by atoms with E-state index in [1.165, 1.54) is 17.8 Å². The van der Waals surface area contributed by atoms with Gasteiger partial charge in [-0.25, -0.2) is 4.98 Å². The fourth-order valence-corrected chi connectivity index (χ4v) is 2.94. The van der Waals surface area contributed by atoms with Crippen LogP contribution in [0, 0.1) is 11.8 Å². The highest BCUT2D eigenvalue weighted by molar-refractivity contribution is 7.16. The van der Waals surface area contributed by atoms with Crippen molar-refractivity contribution in [1.29, 1.82) is 0 Å². The molecule has 1 aliphatic carbocycles. The van der Waals surface area contributed by atoms with Crippen molar-refractivity contribution >= 4 is 22.4 Å². The second kappa shape index (κ2) is 6.12. The maximum absolute atomic E-state index is 12.3. The summed E-state index contributed by atoms with van der Waals surface area (Å²) >= 11 is 1.35. The molecule has 6 heteroatoms. The van der Waals surface area contributed by atoms with E-state index in [1.54, 1.807) is 6.20 Å². The van der Waals surface area contributed by atoms with E-state index in [4.69, 9.17) is 5.73 Å². The van der Waals surface area contributed by atoms with Crippen molar-refractivity contribution in [3.05, 3.63) is 35.1 Å². The molecule has 108 valence electrons. The van der Waals surface area contributed by atoms with E-state index < -0.39 is 0 Å². The zero-order valence-electron chi connectivity index (χ0n) is 11.5. The van der Waals surface area contributed by atoms with Gasteiger partial charge in [-0.3, -0.25) is 10.1 Å². The predicted molar refractivity (Wildman–Crippen MR) is 83.3 cm³/mol. The number of nitrogens with zero attached hydrogens (tertiary/aromatic N) is 2. The van der Waals surface area contributed by atoms with Gasteiger partial charge in [0, 0.05) is 12.2 Å². The van der Waals surface area contributed by atoms with Crippen LogP contribution >= 0.6 is 11.3 Å². The van der Waals surface area contributed by atoms with Crippen LogP contribution in [-0.2, 0) is 0 Å². The molecular weight excluding hydrogens is 284 g/mol. The van der Waals surface area contributed by atoms with Gasteiger partial charge in [0.25, 0.3) is 5.91 Å². The van der Waals surface area contributed by atoms with Gasteiger partial charge >= 0.3 is 0 Å². The third-order valence-corrected chi connectivity index (χ3v) is 4.35. The Balaban J connectivity index is 1.71. The first-order valence-electron chi connectivity index (χ1n) is 6.91. The number of anilines is 1. The molecule has 0 radical (unpaired) electrons. The van der Waals surface area contributed by atoms with Gasteiger partial charge in [0.15, 0.2) is 5.13 Å². The number of hydrogen-bond donors (Lipinski definition) is 2. The van der Waals surface area contributed by atoms with Crippen LogP contribution in [0.3, 0.4) is 0 Å². The highest BCUT2D eigenvalue weighted by atomic mass is 32.1. The SMILES string of the molecule is NCC#Cc1cnc(NC(=O)c2cccn2C2CCC2)s1. The smallest absolute Gasteiger partial charge is 0.274 e. The van der Waals surface area contributed by atoms with Crippen LogP contribution < -0.4 is 11.1 Å². The maximum Gasteiger partial charge on any atom is 0.274 e. The van der Waals surface area contributed by atoms with Crippen LogP contribution in [0.5, 0.6) is 0 Å². The summed E-state index contributed by atoms with van der Waals surface area (Å²) < 4.78 is 2.06. The van der Waals surface area contributed by atoms with Gasteiger partial charge in [-0.2, -0.15) is 0 Å². The molecule has 0 aromatic carbocycles. The molecule has 0 spiro atoms. The van der Waals surface area contributed by atoms with Crippen molar-refractivity contribution in [2.75, 3.05) is 11.9 Å². The molecule has 3 rings (SSSR count). The lowest BCUT2D eigenvalue weighted by Crippen LogP contribution is -2.23. The average Bonchev–Trinajstić information content (AvgIpc) is 3.04. The number of carbonyl (C=O) groups excluding carboxylic acids is 1. The number of amides is 1. The molecule has 0 saturated heterocycles. The van der Waals surface area contributed by atoms with Crippen molar-refractivity contribution < 1.29 is 4.79 Å². The Bertz CT molecular complexity index is 703. The topological polar surface area (TPSA) is 72.9 Å². The lowest BCUT2D eigenvalue weighted by Gasteiger charge is -2.28. The normalized spacial score (nSPS) is 14.1. The number of carbonyl (C=O) groups is 1. The quantitative estimate of drug-likeness (QED) is 0.854. The first kappa shape index (κ1) is 13.9. The van der Waals surface area contributed by atoms with E-state index >= 15 is 0 Å². The molecule has 2 aromatic rings. The fourth-order valence-electron chi connectivity index (χ4n) is 2.26. The van der Waals surface area contributed by atoms with E-state index in [1.807, 2.05) is 18.3 Å². The van der Waals surface area contributed by atoms with E-state index in [9.17, 15) is 4.79 Å². The van der Waals surface area contributed by atoms with Gasteiger partial charge < -0.3 is 10.3 Å². The number of thiazole rings is 1. The van der Waals surface area contributed by atoms with E-state index in [0.29, 0.717) is 23.4 Å². The largest absolute Gasteiger partial charge is 0.340 e. The number of nitrogens with two attached hydrogens (primary N) is 1. The molecular formula is C15H16N4OS. The van der Waals surface area contributed by atoms with E-state index in [0.717, 1.165) is 17.7 Å². The second-order valence-electron chi connectivity index (χ2n) is 4.88. The minimum atomic E-state index is -0.125. The van der Waals surface area contributed by atoms with E-state index in [-0.39, 0.29) is 5.91 Å². The molecule has 1 amide bonds. The Kier molecular flexibility index (Phi) is 4.04. The number of aromatic nitrogens is 2. The molecule has 1 aliphatic rings. The zero-order chi connectivity index (χ0) is 14.7. The molecule has 3 N–H and O–H groups in total. The summed E-state index contributed by atoms with van der Waals surface area (Å²) in [5.41, 5.74) is 6.01. The fraction of sp³-hybridized carbons (Fsp3) is 0.333. The molecule has 21 heavy (non-hydrogen) atoms. The van der Waals surface area contributed by atoms with Crippen LogP contribution in [-0.4, -0.2) is 22.0 Å². The van der Waals surface area contributed by atoms with Crippen molar-refractivity contribution in [3.8, 4) is 11.8 Å². The van der Waals surface area contributed by atoms with Gasteiger partial charge in [-0.1, -0.05) is 23.2 Å². The van der Waals surface area contributed by atoms with Crippen LogP contribution in [0.4, 0.5) is 5.13 Å². The minimum Gasteiger partial charge on any atom is -0.340 e. The Morgan fingerprint density at radius 1 is 1.57 bits per heavy atom. The van der Waals surface area contributed by atoms with Crippen molar-refractivity contribution in [1.82, 2.24) is 9.55 Å². The minimum absolute atomic E-state index is 0.125. The molecule has 0 aliphatic heterocycles. The molecule has 2 heterocycles. The molecule has 0 bridgehead atoms. The van der Waals surface area contributed by atoms with Gasteiger partial charge in [-0.15, -0.1) is 0 Å². The number of hydrogen-bond acceptors (Lipinski definition) is 4. The lowest BCUT2D eigenvalue weighted by atomic mass is 9.93. The monoisotopic (exact) mass is 300 g/mol. The molecule has 1 fully saturated rings. The summed E-state index contributed by atoms with van der Waals surface area (Å²) in [4.78, 5) is 17.3. The Hall–Kier alpha value is -2.10. The van der Waals surface area contributed by atoms with Crippen LogP contribution in [0.1, 0.15) is 40.7 Å². The zero-order valence-corrected chi connectivity index (χ0v) is 12.3. The first-order chi connectivity index (χ1) is 10.3. The summed E-state index contributed by atoms with van der Waals surface area (Å²) in [5.74, 6) is 5.55. The highest BCUT2D eigenvalue weighted by Crippen LogP contribution is 2.33. The highest BCUT2D eigenvalue weighted by Gasteiger charge is 2.23. The second-order valence-corrected chi connectivity index (χ2v) is 5.91. The third-order valence-electron chi connectivity index (χ3n) is 3.52. The van der Waals surface area contributed by atoms with Gasteiger partial charge in [0.05, 0.1) is 17.6 Å². The summed E-state index contributed by atoms with van der Waals surface area (Å²) in [5, 5.41) is 3.39. The van der Waals surface area contributed by atoms with Crippen LogP contribution in [0.2, 0.25) is 0 Å². The summed E-state index contributed by atoms with van der Waals surface area (Å²) in [7, 11) is 0. The molecule has 2 aromatic heterocycles. The van der Waals surface area contributed by atoms with Gasteiger partial charge in [0.2, 0.25) is 0 Å². The standard InChI is InChI=1S/C15H16N4OS/c16-8-2-6-12-10-17-15(21-12)18-14(20)13-7-3-9-19(13)11-4-1-5-11/h3,7,9-11H,1,4-5,8,16H2,(H,17,18,20). The first-order valence-corrected chi connectivity index (χ1v) is 7.72. The summed E-state index contributed by atoms with van der Waals surface area (Å²) in [6.45, 7) is 0.314. The maximum atomic E-state index is 12.3. The van der Waals surface area contributed by atoms with Gasteiger partial charge in [-0.05, 0) is 31.4 Å². The molecule has 0 unspecified atom stereocenters. The van der Waals surface area contributed by atoms with Gasteiger partial charge in [0.1, 0.15) is 5.69 Å². The Labute approximate surface area is 127 Å². The van der Waals surface area contributed by atoms with Crippen molar-refractivity contribution in [2.24, 2.45) is 5.73 Å². The van der Waals surface area contributed by atoms with Crippen LogP contribution in [0.15, 0.2) is 24.5 Å². The molecule has 1 saturated carbocycles. The average molecular weight is 300 g/mol. The number of rotatable bonds is 3. The molecule has 5 nitrogen and oxygen atoms in total. The predicted octanol–water partition coefficient (Wildman–Crippen LogP) is 2.23. The van der Waals surface area contributed by atoms with Crippen LogP contribution in [0.25, 0.3) is 0 Å². The van der Waals surface area contributed by atoms with Crippen molar-refractivity contribution in [2.45, 2.75) is 25.3 Å². The van der Waals surface area contributed by atoms with Crippen molar-refractivity contribution in [3.63, 3.8) is 0 Å². The summed E-state index contributed by atoms with van der Waals surface area (Å²) in [6.07, 6.45) is 7.14. The molecule has 0 atom stereocenters. The Morgan fingerprint density at radius 2 is 2.43 bits per heavy atom. The lowest BCUT2D eigenvalue weighted by molar-refractivity contribution is 0.101. The summed E-state index contributed by atoms with van der Waals surface area (Å²) in [6, 6.07) is 4.21. The number of nitrogens with one attached hydrogen (secondary N) is 1. The Morgan fingerprint density at radius 3 is 3.14 bits per heavy atom. The third kappa shape index (κ3) is 2.99. The van der Waals surface area contributed by atoms with E-state index in [2.05, 4.69) is 26.7 Å².